The SMILES string of the molecule is c1ccc(-c2nc(-c3ccccc3)nc(-n3c4ccccc4c4cc(-c5cccc(-c6ccc7oc8cccc(-c9ccc%10c(c9)c9ccccc9n%10-c9ccccc9)c8c7c6)c5)ccc43)n2)cc1. The fraction of sp³-hybridized carbons (Fsp3) is 0. The molecular formula is C63H39N5O. The Balaban J connectivity index is 0.868. The van der Waals surface area contributed by atoms with Crippen molar-refractivity contribution in [2.75, 3.05) is 0 Å². The highest BCUT2D eigenvalue weighted by Gasteiger charge is 2.20. The lowest BCUT2D eigenvalue weighted by Crippen LogP contribution is -2.06. The lowest BCUT2D eigenvalue weighted by Gasteiger charge is -2.11. The van der Waals surface area contributed by atoms with E-state index in [0.29, 0.717) is 17.6 Å². The molecule has 0 saturated carbocycles. The van der Waals surface area contributed by atoms with Gasteiger partial charge < -0.3 is 8.98 Å². The maximum atomic E-state index is 6.57. The van der Waals surface area contributed by atoms with E-state index in [2.05, 4.69) is 185 Å². The van der Waals surface area contributed by atoms with Crippen LogP contribution in [-0.2, 0) is 0 Å². The van der Waals surface area contributed by atoms with Crippen molar-refractivity contribution < 1.29 is 4.42 Å². The average molecular weight is 882 g/mol. The Morgan fingerprint density at radius 3 is 1.43 bits per heavy atom. The van der Waals surface area contributed by atoms with Gasteiger partial charge in [0.2, 0.25) is 5.95 Å². The van der Waals surface area contributed by atoms with Crippen LogP contribution in [0, 0.1) is 0 Å². The van der Waals surface area contributed by atoms with E-state index >= 15 is 0 Å². The van der Waals surface area contributed by atoms with Crippen molar-refractivity contribution in [1.29, 1.82) is 0 Å². The van der Waals surface area contributed by atoms with Crippen molar-refractivity contribution in [2.45, 2.75) is 0 Å². The summed E-state index contributed by atoms with van der Waals surface area (Å²) < 4.78 is 11.1. The number of aromatic nitrogens is 5. The largest absolute Gasteiger partial charge is 0.456 e. The summed E-state index contributed by atoms with van der Waals surface area (Å²) in [6.45, 7) is 0. The van der Waals surface area contributed by atoms with E-state index in [1.165, 1.54) is 21.8 Å². The van der Waals surface area contributed by atoms with E-state index in [-0.39, 0.29) is 0 Å². The van der Waals surface area contributed by atoms with Crippen LogP contribution in [0.15, 0.2) is 241 Å². The second-order valence-electron chi connectivity index (χ2n) is 17.6. The molecule has 0 aliphatic carbocycles. The van der Waals surface area contributed by atoms with Crippen LogP contribution in [0.4, 0.5) is 0 Å². The van der Waals surface area contributed by atoms with Gasteiger partial charge in [0.05, 0.1) is 22.1 Å². The molecule has 0 radical (unpaired) electrons. The van der Waals surface area contributed by atoms with Crippen molar-refractivity contribution in [2.24, 2.45) is 0 Å². The standard InChI is InChI=1S/C63H39N5O/c1-4-16-40(17-5-1)61-64-62(41-18-6-2-7-19-41)66-63(65-61)68-55-28-13-11-25-50(55)51-37-44(30-33-57(51)68)42-20-14-21-43(36-42)45-32-35-58-53(38-45)60-48(26-15-29-59(60)69-58)46-31-34-56-52(39-46)49-24-10-12-27-54(49)67(56)47-22-8-3-9-23-47/h1-39H. The van der Waals surface area contributed by atoms with Crippen LogP contribution in [0.5, 0.6) is 0 Å². The molecule has 14 aromatic rings. The Morgan fingerprint density at radius 2 is 0.768 bits per heavy atom. The van der Waals surface area contributed by atoms with Crippen LogP contribution in [0.25, 0.3) is 133 Å². The van der Waals surface area contributed by atoms with E-state index in [0.717, 1.165) is 93.9 Å². The summed E-state index contributed by atoms with van der Waals surface area (Å²) >= 11 is 0. The fourth-order valence-corrected chi connectivity index (χ4v) is 10.4. The zero-order valence-corrected chi connectivity index (χ0v) is 37.2. The molecule has 0 unspecified atom stereocenters. The van der Waals surface area contributed by atoms with Gasteiger partial charge in [-0.15, -0.1) is 0 Å². The van der Waals surface area contributed by atoms with E-state index in [4.69, 9.17) is 19.4 Å². The van der Waals surface area contributed by atoms with Crippen LogP contribution in [0.3, 0.4) is 0 Å². The van der Waals surface area contributed by atoms with Gasteiger partial charge in [-0.2, -0.15) is 9.97 Å². The van der Waals surface area contributed by atoms with E-state index in [9.17, 15) is 0 Å². The molecule has 0 aliphatic heterocycles. The highest BCUT2D eigenvalue weighted by molar-refractivity contribution is 6.16. The van der Waals surface area contributed by atoms with Gasteiger partial charge in [0.25, 0.3) is 0 Å². The highest BCUT2D eigenvalue weighted by Crippen LogP contribution is 2.42. The third-order valence-corrected chi connectivity index (χ3v) is 13.6. The first-order valence-electron chi connectivity index (χ1n) is 23.3. The van der Waals surface area contributed by atoms with Crippen molar-refractivity contribution in [1.82, 2.24) is 24.1 Å². The summed E-state index contributed by atoms with van der Waals surface area (Å²) in [4.78, 5) is 15.2. The van der Waals surface area contributed by atoms with Gasteiger partial charge in [-0.3, -0.25) is 4.57 Å². The lowest BCUT2D eigenvalue weighted by molar-refractivity contribution is 0.669. The summed E-state index contributed by atoms with van der Waals surface area (Å²) in [5.74, 6) is 1.83. The number of hydrogen-bond acceptors (Lipinski definition) is 4. The van der Waals surface area contributed by atoms with Crippen LogP contribution < -0.4 is 0 Å². The molecule has 14 rings (SSSR count). The fourth-order valence-electron chi connectivity index (χ4n) is 10.4. The monoisotopic (exact) mass is 881 g/mol. The molecule has 0 fully saturated rings. The van der Waals surface area contributed by atoms with Crippen molar-refractivity contribution >= 4 is 65.6 Å². The summed E-state index contributed by atoms with van der Waals surface area (Å²) in [5.41, 5.74) is 16.0. The molecule has 4 heterocycles. The summed E-state index contributed by atoms with van der Waals surface area (Å²) in [5, 5.41) is 6.90. The summed E-state index contributed by atoms with van der Waals surface area (Å²) in [7, 11) is 0. The number of nitrogens with zero attached hydrogens (tertiary/aromatic N) is 5. The molecule has 0 atom stereocenters. The van der Waals surface area contributed by atoms with Gasteiger partial charge in [-0.25, -0.2) is 4.98 Å². The van der Waals surface area contributed by atoms with Gasteiger partial charge in [0, 0.05) is 49.1 Å². The Morgan fingerprint density at radius 1 is 0.290 bits per heavy atom. The Hall–Kier alpha value is -9.39. The van der Waals surface area contributed by atoms with Crippen LogP contribution in [-0.4, -0.2) is 24.1 Å². The quantitative estimate of drug-likeness (QED) is 0.160. The number of fused-ring (bicyclic) bond motifs is 9. The van der Waals surface area contributed by atoms with Gasteiger partial charge in [0.1, 0.15) is 11.2 Å². The smallest absolute Gasteiger partial charge is 0.238 e. The molecule has 10 aromatic carbocycles. The Kier molecular flexibility index (Phi) is 8.79. The molecule has 6 heteroatoms. The predicted molar refractivity (Wildman–Crippen MR) is 283 cm³/mol. The van der Waals surface area contributed by atoms with Crippen LogP contribution in [0.1, 0.15) is 0 Å². The Bertz CT molecular complexity index is 4240. The number of furan rings is 1. The molecule has 0 spiro atoms. The zero-order valence-electron chi connectivity index (χ0n) is 37.2. The zero-order chi connectivity index (χ0) is 45.4. The first-order chi connectivity index (χ1) is 34.2. The maximum absolute atomic E-state index is 6.57. The summed E-state index contributed by atoms with van der Waals surface area (Å²) in [6, 6.07) is 83.5. The first-order valence-corrected chi connectivity index (χ1v) is 23.3. The highest BCUT2D eigenvalue weighted by atomic mass is 16.3. The molecular weight excluding hydrogens is 843 g/mol. The molecule has 0 aliphatic rings. The number of hydrogen-bond donors (Lipinski definition) is 0. The van der Waals surface area contributed by atoms with Crippen molar-refractivity contribution in [3.05, 3.63) is 237 Å². The third-order valence-electron chi connectivity index (χ3n) is 13.6. The minimum absolute atomic E-state index is 0.574. The number of rotatable bonds is 7. The third kappa shape index (κ3) is 6.38. The second kappa shape index (κ2) is 15.6. The molecule has 0 saturated heterocycles. The molecule has 6 nitrogen and oxygen atoms in total. The maximum Gasteiger partial charge on any atom is 0.238 e. The van der Waals surface area contributed by atoms with Crippen molar-refractivity contribution in [3.63, 3.8) is 0 Å². The normalized spacial score (nSPS) is 11.8. The first kappa shape index (κ1) is 38.8. The Labute approximate surface area is 396 Å². The predicted octanol–water partition coefficient (Wildman–Crippen LogP) is 16.3. The van der Waals surface area contributed by atoms with Crippen LogP contribution in [0.2, 0.25) is 0 Å². The topological polar surface area (TPSA) is 61.7 Å². The van der Waals surface area contributed by atoms with E-state index in [1.807, 2.05) is 60.7 Å². The molecule has 322 valence electrons. The van der Waals surface area contributed by atoms with Gasteiger partial charge in [-0.05, 0) is 106 Å². The molecule has 0 amide bonds. The number of benzene rings is 10. The van der Waals surface area contributed by atoms with Gasteiger partial charge in [0.15, 0.2) is 11.6 Å². The molecule has 69 heavy (non-hydrogen) atoms. The van der Waals surface area contributed by atoms with Gasteiger partial charge >= 0.3 is 0 Å². The van der Waals surface area contributed by atoms with Gasteiger partial charge in [-0.1, -0.05) is 164 Å². The second-order valence-corrected chi connectivity index (χ2v) is 17.6. The van der Waals surface area contributed by atoms with E-state index in [1.54, 1.807) is 0 Å². The van der Waals surface area contributed by atoms with E-state index < -0.39 is 0 Å². The minimum atomic E-state index is 0.574. The summed E-state index contributed by atoms with van der Waals surface area (Å²) in [6.07, 6.45) is 0. The lowest BCUT2D eigenvalue weighted by atomic mass is 9.95. The number of para-hydroxylation sites is 3. The molecule has 0 N–H and O–H groups in total. The minimum Gasteiger partial charge on any atom is -0.456 e. The van der Waals surface area contributed by atoms with Crippen LogP contribution >= 0.6 is 0 Å². The molecule has 0 bridgehead atoms. The molecule has 4 aromatic heterocycles. The van der Waals surface area contributed by atoms with Crippen molar-refractivity contribution in [3.8, 4) is 67.8 Å². The average Bonchev–Trinajstić information content (AvgIpc) is 4.08.